The van der Waals surface area contributed by atoms with Crippen molar-refractivity contribution >= 4 is 40.6 Å². The van der Waals surface area contributed by atoms with Crippen molar-refractivity contribution in [2.75, 3.05) is 50.0 Å². The Bertz CT molecular complexity index is 748. The molecule has 1 fully saturated rings. The molecule has 1 aliphatic heterocycles. The Morgan fingerprint density at radius 3 is 2.65 bits per heavy atom. The van der Waals surface area contributed by atoms with E-state index in [1.165, 1.54) is 6.33 Å². The Morgan fingerprint density at radius 1 is 1.19 bits per heavy atom. The van der Waals surface area contributed by atoms with Gasteiger partial charge in [-0.25, -0.2) is 9.97 Å². The van der Waals surface area contributed by atoms with Gasteiger partial charge in [-0.05, 0) is 12.1 Å². The van der Waals surface area contributed by atoms with E-state index in [1.807, 2.05) is 0 Å². The second-order valence-electron chi connectivity index (χ2n) is 5.72. The number of carbonyl (C=O) groups is 1. The predicted octanol–water partition coefficient (Wildman–Crippen LogP) is 2.78. The zero-order valence-electron chi connectivity index (χ0n) is 14.0. The SMILES string of the molecule is O=C(Nc1c(Cl)cccc1Cl)c1cc(NCCN2CCOCC2)ncn1. The number of ether oxygens (including phenoxy) is 1. The maximum absolute atomic E-state index is 12.4. The molecule has 0 atom stereocenters. The van der Waals surface area contributed by atoms with E-state index in [2.05, 4.69) is 25.5 Å². The molecule has 2 aromatic rings. The zero-order chi connectivity index (χ0) is 18.4. The number of amides is 1. The fraction of sp³-hybridized carbons (Fsp3) is 0.353. The standard InChI is InChI=1S/C17H19Cl2N5O2/c18-12-2-1-3-13(19)16(12)23-17(25)14-10-15(22-11-21-14)20-4-5-24-6-8-26-9-7-24/h1-3,10-11H,4-9H2,(H,23,25)(H,20,21,22). The van der Waals surface area contributed by atoms with Gasteiger partial charge in [0.25, 0.3) is 5.91 Å². The highest BCUT2D eigenvalue weighted by Gasteiger charge is 2.14. The minimum Gasteiger partial charge on any atom is -0.379 e. The van der Waals surface area contributed by atoms with Crippen molar-refractivity contribution in [2.24, 2.45) is 0 Å². The summed E-state index contributed by atoms with van der Waals surface area (Å²) in [5.41, 5.74) is 0.589. The quantitative estimate of drug-likeness (QED) is 0.782. The topological polar surface area (TPSA) is 79.4 Å². The number of para-hydroxylation sites is 1. The van der Waals surface area contributed by atoms with Crippen LogP contribution in [0.4, 0.5) is 11.5 Å². The lowest BCUT2D eigenvalue weighted by Gasteiger charge is -2.26. The lowest BCUT2D eigenvalue weighted by molar-refractivity contribution is 0.0398. The molecular formula is C17H19Cl2N5O2. The molecule has 0 unspecified atom stereocenters. The Kier molecular flexibility index (Phi) is 6.62. The highest BCUT2D eigenvalue weighted by atomic mass is 35.5. The molecule has 138 valence electrons. The van der Waals surface area contributed by atoms with E-state index in [0.29, 0.717) is 28.1 Å². The van der Waals surface area contributed by atoms with Crippen LogP contribution in [0.2, 0.25) is 10.0 Å². The largest absolute Gasteiger partial charge is 0.379 e. The van der Waals surface area contributed by atoms with Crippen molar-refractivity contribution in [2.45, 2.75) is 0 Å². The molecule has 1 saturated heterocycles. The Hall–Kier alpha value is -1.93. The highest BCUT2D eigenvalue weighted by molar-refractivity contribution is 6.40. The Morgan fingerprint density at radius 2 is 1.92 bits per heavy atom. The number of rotatable bonds is 6. The van der Waals surface area contributed by atoms with Gasteiger partial charge in [-0.15, -0.1) is 0 Å². The van der Waals surface area contributed by atoms with Crippen LogP contribution < -0.4 is 10.6 Å². The number of hydrogen-bond donors (Lipinski definition) is 2. The van der Waals surface area contributed by atoms with Crippen molar-refractivity contribution in [1.82, 2.24) is 14.9 Å². The Labute approximate surface area is 161 Å². The number of nitrogens with zero attached hydrogens (tertiary/aromatic N) is 3. The molecular weight excluding hydrogens is 377 g/mol. The van der Waals surface area contributed by atoms with Crippen molar-refractivity contribution in [1.29, 1.82) is 0 Å². The predicted molar refractivity (Wildman–Crippen MR) is 102 cm³/mol. The molecule has 0 spiro atoms. The smallest absolute Gasteiger partial charge is 0.274 e. The van der Waals surface area contributed by atoms with E-state index in [9.17, 15) is 4.79 Å². The Balaban J connectivity index is 1.58. The third-order valence-corrected chi connectivity index (χ3v) is 4.57. The normalized spacial score (nSPS) is 14.8. The fourth-order valence-corrected chi connectivity index (χ4v) is 3.03. The first kappa shape index (κ1) is 18.8. The van der Waals surface area contributed by atoms with Crippen LogP contribution in [0.3, 0.4) is 0 Å². The number of benzene rings is 1. The lowest BCUT2D eigenvalue weighted by atomic mass is 10.3. The molecule has 26 heavy (non-hydrogen) atoms. The summed E-state index contributed by atoms with van der Waals surface area (Å²) in [6.45, 7) is 4.98. The van der Waals surface area contributed by atoms with Gasteiger partial charge in [0.2, 0.25) is 0 Å². The lowest BCUT2D eigenvalue weighted by Crippen LogP contribution is -2.39. The summed E-state index contributed by atoms with van der Waals surface area (Å²) in [6.07, 6.45) is 1.35. The summed E-state index contributed by atoms with van der Waals surface area (Å²) in [5, 5.41) is 6.62. The molecule has 0 radical (unpaired) electrons. The number of anilines is 2. The molecule has 0 bridgehead atoms. The van der Waals surface area contributed by atoms with Crippen LogP contribution in [0.5, 0.6) is 0 Å². The number of morpholine rings is 1. The van der Waals surface area contributed by atoms with Gasteiger partial charge in [0, 0.05) is 32.2 Å². The molecule has 0 saturated carbocycles. The average Bonchev–Trinajstić information content (AvgIpc) is 2.66. The van der Waals surface area contributed by atoms with Crippen LogP contribution in [-0.2, 0) is 4.74 Å². The molecule has 1 aromatic carbocycles. The summed E-state index contributed by atoms with van der Waals surface area (Å²) >= 11 is 12.2. The first-order valence-corrected chi connectivity index (χ1v) is 9.00. The third-order valence-electron chi connectivity index (χ3n) is 3.94. The summed E-state index contributed by atoms with van der Waals surface area (Å²) in [7, 11) is 0. The number of carbonyl (C=O) groups excluding carboxylic acids is 1. The van der Waals surface area contributed by atoms with Crippen molar-refractivity contribution in [3.05, 3.63) is 46.3 Å². The van der Waals surface area contributed by atoms with Gasteiger partial charge >= 0.3 is 0 Å². The first-order valence-electron chi connectivity index (χ1n) is 8.25. The van der Waals surface area contributed by atoms with Gasteiger partial charge < -0.3 is 15.4 Å². The van der Waals surface area contributed by atoms with Crippen LogP contribution in [0.1, 0.15) is 10.5 Å². The first-order chi connectivity index (χ1) is 12.6. The van der Waals surface area contributed by atoms with E-state index in [0.717, 1.165) is 32.8 Å². The molecule has 7 nitrogen and oxygen atoms in total. The second kappa shape index (κ2) is 9.14. The molecule has 2 heterocycles. The van der Waals surface area contributed by atoms with Crippen molar-refractivity contribution in [3.63, 3.8) is 0 Å². The van der Waals surface area contributed by atoms with E-state index in [1.54, 1.807) is 24.3 Å². The number of nitrogens with one attached hydrogen (secondary N) is 2. The number of halogens is 2. The number of hydrogen-bond acceptors (Lipinski definition) is 6. The van der Waals surface area contributed by atoms with Crippen LogP contribution in [-0.4, -0.2) is 60.2 Å². The second-order valence-corrected chi connectivity index (χ2v) is 6.53. The van der Waals surface area contributed by atoms with E-state index >= 15 is 0 Å². The summed E-state index contributed by atoms with van der Waals surface area (Å²) in [6, 6.07) is 6.62. The molecule has 3 rings (SSSR count). The molecule has 1 amide bonds. The third kappa shape index (κ3) is 5.04. The van der Waals surface area contributed by atoms with Crippen LogP contribution in [0.15, 0.2) is 30.6 Å². The average molecular weight is 396 g/mol. The van der Waals surface area contributed by atoms with E-state index in [4.69, 9.17) is 27.9 Å². The van der Waals surface area contributed by atoms with Gasteiger partial charge in [0.1, 0.15) is 17.8 Å². The van der Waals surface area contributed by atoms with Crippen molar-refractivity contribution < 1.29 is 9.53 Å². The summed E-state index contributed by atoms with van der Waals surface area (Å²) in [4.78, 5) is 22.9. The van der Waals surface area contributed by atoms with Crippen LogP contribution in [0.25, 0.3) is 0 Å². The van der Waals surface area contributed by atoms with Gasteiger partial charge in [-0.3, -0.25) is 9.69 Å². The van der Waals surface area contributed by atoms with E-state index in [-0.39, 0.29) is 5.69 Å². The minimum absolute atomic E-state index is 0.227. The molecule has 1 aliphatic rings. The van der Waals surface area contributed by atoms with Gasteiger partial charge in [-0.1, -0.05) is 29.3 Å². The van der Waals surface area contributed by atoms with E-state index < -0.39 is 5.91 Å². The molecule has 2 N–H and O–H groups in total. The zero-order valence-corrected chi connectivity index (χ0v) is 15.6. The summed E-state index contributed by atoms with van der Waals surface area (Å²) in [5.74, 6) is 0.183. The van der Waals surface area contributed by atoms with Gasteiger partial charge in [0.05, 0.1) is 28.9 Å². The minimum atomic E-state index is -0.404. The molecule has 9 heteroatoms. The maximum atomic E-state index is 12.4. The van der Waals surface area contributed by atoms with Crippen LogP contribution >= 0.6 is 23.2 Å². The summed E-state index contributed by atoms with van der Waals surface area (Å²) < 4.78 is 5.33. The van der Waals surface area contributed by atoms with Gasteiger partial charge in [-0.2, -0.15) is 0 Å². The highest BCUT2D eigenvalue weighted by Crippen LogP contribution is 2.30. The number of aromatic nitrogens is 2. The monoisotopic (exact) mass is 395 g/mol. The molecule has 1 aromatic heterocycles. The molecule has 0 aliphatic carbocycles. The maximum Gasteiger partial charge on any atom is 0.274 e. The fourth-order valence-electron chi connectivity index (χ4n) is 2.54. The van der Waals surface area contributed by atoms with Crippen molar-refractivity contribution in [3.8, 4) is 0 Å². The van der Waals surface area contributed by atoms with Crippen LogP contribution in [0, 0.1) is 0 Å². The van der Waals surface area contributed by atoms with Gasteiger partial charge in [0.15, 0.2) is 0 Å².